The van der Waals surface area contributed by atoms with Gasteiger partial charge in [0, 0.05) is 17.0 Å². The van der Waals surface area contributed by atoms with E-state index in [1.54, 1.807) is 38.1 Å². The van der Waals surface area contributed by atoms with Crippen LogP contribution in [0.3, 0.4) is 0 Å². The minimum Gasteiger partial charge on any atom is -0.360 e. The van der Waals surface area contributed by atoms with Crippen LogP contribution >= 0.6 is 0 Å². The molecule has 10 heteroatoms. The molecular formula is C23H21FN4O4S. The minimum absolute atomic E-state index is 0.0242. The molecule has 0 spiro atoms. The van der Waals surface area contributed by atoms with Crippen LogP contribution in [-0.2, 0) is 10.0 Å². The quantitative estimate of drug-likeness (QED) is 0.476. The predicted octanol–water partition coefficient (Wildman–Crippen LogP) is 3.88. The number of carbonyl (C=O) groups is 1. The van der Waals surface area contributed by atoms with Crippen LogP contribution < -0.4 is 5.32 Å². The summed E-state index contributed by atoms with van der Waals surface area (Å²) >= 11 is 0. The number of aromatic nitrogens is 3. The number of carbonyl (C=O) groups excluding carboxylic acids is 1. The number of nitrogens with zero attached hydrogens (tertiary/aromatic N) is 3. The van der Waals surface area contributed by atoms with Crippen molar-refractivity contribution in [1.82, 2.24) is 19.7 Å². The van der Waals surface area contributed by atoms with Gasteiger partial charge in [-0.2, -0.15) is 17.6 Å². The number of rotatable bonds is 5. The summed E-state index contributed by atoms with van der Waals surface area (Å²) in [5.74, 6) is -0.609. The zero-order valence-corrected chi connectivity index (χ0v) is 19.0. The highest BCUT2D eigenvalue weighted by molar-refractivity contribution is 7.90. The lowest BCUT2D eigenvalue weighted by Crippen LogP contribution is -2.25. The molecule has 0 unspecified atom stereocenters. The minimum atomic E-state index is -4.02. The SMILES string of the molecule is Cc1noc(C)c1S(=O)(=O)n1ncc2cc(-c3cc(C(=O)NC4CC4)cc(F)c3C)ccc21. The van der Waals surface area contributed by atoms with E-state index in [0.29, 0.717) is 27.6 Å². The predicted molar refractivity (Wildman–Crippen MR) is 119 cm³/mol. The molecule has 33 heavy (non-hydrogen) atoms. The maximum Gasteiger partial charge on any atom is 0.288 e. The van der Waals surface area contributed by atoms with Crippen LogP contribution in [0.1, 0.15) is 40.2 Å². The molecule has 8 nitrogen and oxygen atoms in total. The number of fused-ring (bicyclic) bond motifs is 1. The van der Waals surface area contributed by atoms with Gasteiger partial charge in [-0.05, 0) is 74.6 Å². The number of aryl methyl sites for hydroxylation is 2. The van der Waals surface area contributed by atoms with E-state index in [-0.39, 0.29) is 33.9 Å². The molecule has 0 bridgehead atoms. The van der Waals surface area contributed by atoms with Gasteiger partial charge in [0.05, 0.1) is 11.7 Å². The highest BCUT2D eigenvalue weighted by atomic mass is 32.2. The van der Waals surface area contributed by atoms with Crippen LogP contribution in [0.15, 0.2) is 45.9 Å². The topological polar surface area (TPSA) is 107 Å². The van der Waals surface area contributed by atoms with Crippen molar-refractivity contribution in [2.24, 2.45) is 0 Å². The fourth-order valence-electron chi connectivity index (χ4n) is 3.90. The van der Waals surface area contributed by atoms with Gasteiger partial charge in [-0.15, -0.1) is 0 Å². The lowest BCUT2D eigenvalue weighted by Gasteiger charge is -2.12. The van der Waals surface area contributed by atoms with Gasteiger partial charge < -0.3 is 9.84 Å². The van der Waals surface area contributed by atoms with Crippen LogP contribution in [0.2, 0.25) is 0 Å². The lowest BCUT2D eigenvalue weighted by atomic mass is 9.96. The molecule has 1 aliphatic carbocycles. The van der Waals surface area contributed by atoms with Crippen molar-refractivity contribution in [3.8, 4) is 11.1 Å². The third kappa shape index (κ3) is 3.60. The number of nitrogens with one attached hydrogen (secondary N) is 1. The Labute approximate surface area is 189 Å². The summed E-state index contributed by atoms with van der Waals surface area (Å²) < 4.78 is 47.0. The first-order chi connectivity index (χ1) is 15.7. The van der Waals surface area contributed by atoms with Crippen LogP contribution in [-0.4, -0.2) is 34.7 Å². The van der Waals surface area contributed by atoms with Gasteiger partial charge >= 0.3 is 0 Å². The van der Waals surface area contributed by atoms with E-state index >= 15 is 0 Å². The molecular weight excluding hydrogens is 447 g/mol. The second-order valence-electron chi connectivity index (χ2n) is 8.30. The van der Waals surface area contributed by atoms with Crippen molar-refractivity contribution in [2.75, 3.05) is 0 Å². The third-order valence-electron chi connectivity index (χ3n) is 5.82. The van der Waals surface area contributed by atoms with Gasteiger partial charge in [-0.25, -0.2) is 4.39 Å². The second-order valence-corrected chi connectivity index (χ2v) is 10.0. The van der Waals surface area contributed by atoms with Crippen molar-refractivity contribution in [2.45, 2.75) is 44.6 Å². The fraction of sp³-hybridized carbons (Fsp3) is 0.261. The van der Waals surface area contributed by atoms with Crippen molar-refractivity contribution in [1.29, 1.82) is 0 Å². The Bertz CT molecular complexity index is 1510. The van der Waals surface area contributed by atoms with Crippen LogP contribution in [0.25, 0.3) is 22.0 Å². The zero-order chi connectivity index (χ0) is 23.5. The van der Waals surface area contributed by atoms with Crippen LogP contribution in [0.4, 0.5) is 4.39 Å². The lowest BCUT2D eigenvalue weighted by molar-refractivity contribution is 0.0950. The van der Waals surface area contributed by atoms with E-state index in [1.165, 1.54) is 19.2 Å². The smallest absolute Gasteiger partial charge is 0.288 e. The summed E-state index contributed by atoms with van der Waals surface area (Å²) in [5.41, 5.74) is 2.46. The molecule has 1 aliphatic rings. The molecule has 1 amide bonds. The second kappa shape index (κ2) is 7.51. The fourth-order valence-corrected chi connectivity index (χ4v) is 5.48. The standard InChI is InChI=1S/C23H21FN4O4S/c1-12-19(9-16(10-20(12)24)23(29)26-18-5-6-18)15-4-7-21-17(8-15)11-25-28(21)33(30,31)22-13(2)27-32-14(22)3/h4,7-11,18H,5-6H2,1-3H3,(H,26,29). The van der Waals surface area contributed by atoms with Gasteiger partial charge in [0.25, 0.3) is 15.9 Å². The van der Waals surface area contributed by atoms with Gasteiger partial charge in [0.15, 0.2) is 10.7 Å². The highest BCUT2D eigenvalue weighted by Gasteiger charge is 2.28. The first-order valence-electron chi connectivity index (χ1n) is 10.4. The molecule has 1 saturated carbocycles. The molecule has 4 aromatic rings. The maximum atomic E-state index is 14.7. The average molecular weight is 469 g/mol. The molecule has 2 heterocycles. The number of hydrogen-bond donors (Lipinski definition) is 1. The molecule has 0 atom stereocenters. The molecule has 0 radical (unpaired) electrons. The van der Waals surface area contributed by atoms with Crippen LogP contribution in [0, 0.1) is 26.6 Å². The summed E-state index contributed by atoms with van der Waals surface area (Å²) in [4.78, 5) is 12.4. The summed E-state index contributed by atoms with van der Waals surface area (Å²) in [6.45, 7) is 4.72. The van der Waals surface area contributed by atoms with E-state index < -0.39 is 15.8 Å². The highest BCUT2D eigenvalue weighted by Crippen LogP contribution is 2.31. The molecule has 5 rings (SSSR count). The number of benzene rings is 2. The van der Waals surface area contributed by atoms with Crippen molar-refractivity contribution < 1.29 is 22.1 Å². The van der Waals surface area contributed by atoms with Gasteiger partial charge in [0.1, 0.15) is 11.5 Å². The van der Waals surface area contributed by atoms with E-state index in [4.69, 9.17) is 4.52 Å². The first kappa shape index (κ1) is 21.3. The van der Waals surface area contributed by atoms with Gasteiger partial charge in [-0.3, -0.25) is 4.79 Å². The third-order valence-corrected chi connectivity index (χ3v) is 7.66. The van der Waals surface area contributed by atoms with Crippen molar-refractivity contribution >= 4 is 26.8 Å². The Hall–Kier alpha value is -3.53. The summed E-state index contributed by atoms with van der Waals surface area (Å²) in [7, 11) is -4.02. The van der Waals surface area contributed by atoms with Gasteiger partial charge in [-0.1, -0.05) is 11.2 Å². The van der Waals surface area contributed by atoms with Crippen LogP contribution in [0.5, 0.6) is 0 Å². The monoisotopic (exact) mass is 468 g/mol. The molecule has 2 aromatic heterocycles. The maximum absolute atomic E-state index is 14.7. The Morgan fingerprint density at radius 1 is 1.18 bits per heavy atom. The molecule has 170 valence electrons. The number of halogens is 1. The first-order valence-corrected chi connectivity index (χ1v) is 11.9. The van der Waals surface area contributed by atoms with E-state index in [9.17, 15) is 17.6 Å². The molecule has 0 aliphatic heterocycles. The normalized spacial score (nSPS) is 14.1. The largest absolute Gasteiger partial charge is 0.360 e. The number of hydrogen-bond acceptors (Lipinski definition) is 6. The van der Waals surface area contributed by atoms with Crippen molar-refractivity contribution in [3.63, 3.8) is 0 Å². The summed E-state index contributed by atoms with van der Waals surface area (Å²) in [6, 6.07) is 8.08. The Morgan fingerprint density at radius 2 is 1.94 bits per heavy atom. The van der Waals surface area contributed by atoms with E-state index in [0.717, 1.165) is 16.9 Å². The Kier molecular flexibility index (Phi) is 4.86. The Balaban J connectivity index is 1.58. The van der Waals surface area contributed by atoms with E-state index in [2.05, 4.69) is 15.6 Å². The van der Waals surface area contributed by atoms with E-state index in [1.807, 2.05) is 0 Å². The molecule has 2 aromatic carbocycles. The average Bonchev–Trinajstić information content (AvgIpc) is 3.36. The molecule has 1 fully saturated rings. The number of amides is 1. The Morgan fingerprint density at radius 3 is 2.61 bits per heavy atom. The molecule has 1 N–H and O–H groups in total. The summed E-state index contributed by atoms with van der Waals surface area (Å²) in [5, 5.41) is 11.2. The van der Waals surface area contributed by atoms with Crippen molar-refractivity contribution in [3.05, 3.63) is 64.9 Å². The zero-order valence-electron chi connectivity index (χ0n) is 18.2. The van der Waals surface area contributed by atoms with Gasteiger partial charge in [0.2, 0.25) is 0 Å². The summed E-state index contributed by atoms with van der Waals surface area (Å²) in [6.07, 6.45) is 3.30. The molecule has 0 saturated heterocycles.